The molecule has 8 N–H and O–H groups in total. The number of amides is 4. The normalized spacial score (nSPS) is 11.7. The van der Waals surface area contributed by atoms with Crippen LogP contribution in [0.1, 0.15) is 53.9 Å². The number of hydrogen-bond acceptors (Lipinski definition) is 6. The zero-order chi connectivity index (χ0) is 33.3. The summed E-state index contributed by atoms with van der Waals surface area (Å²) in [6.07, 6.45) is 0.490. The Bertz CT molecular complexity index is 1480. The standard InChI is InChI=1S/C32H38N8O6/c33-27(41)16-17-28(42)36-20-22-9-7-10-23(19-22)21-37-30(43)26(15-8-18-35-32(34)39-40(45)46)38-31(44)29(24-11-3-1-4-12-24)25-13-5-2-6-14-25/h1-7,9-14,19,26,29H,8,15-18,20-21H2,(H2,33,41)(H,36,42)(H,37,43)(H,38,44)(H3,34,35,39)/t26-/m1/s1. The van der Waals surface area contributed by atoms with E-state index in [-0.39, 0.29) is 56.7 Å². The highest BCUT2D eigenvalue weighted by Crippen LogP contribution is 2.25. The molecule has 0 aromatic heterocycles. The second-order valence-corrected chi connectivity index (χ2v) is 10.4. The lowest BCUT2D eigenvalue weighted by molar-refractivity contribution is -0.485. The number of rotatable bonds is 17. The predicted molar refractivity (Wildman–Crippen MR) is 171 cm³/mol. The van der Waals surface area contributed by atoms with Gasteiger partial charge >= 0.3 is 0 Å². The molecule has 0 aliphatic carbocycles. The van der Waals surface area contributed by atoms with Crippen molar-refractivity contribution in [1.82, 2.24) is 21.3 Å². The minimum atomic E-state index is -0.939. The molecule has 0 aliphatic rings. The monoisotopic (exact) mass is 630 g/mol. The molecule has 0 fully saturated rings. The molecule has 0 saturated heterocycles. The maximum Gasteiger partial charge on any atom is 0.266 e. The summed E-state index contributed by atoms with van der Waals surface area (Å²) in [7, 11) is 0. The number of nitrogens with zero attached hydrogens (tertiary/aromatic N) is 2. The van der Waals surface area contributed by atoms with Crippen molar-refractivity contribution in [2.24, 2.45) is 16.6 Å². The Morgan fingerprint density at radius 2 is 1.35 bits per heavy atom. The molecule has 4 amide bonds. The summed E-state index contributed by atoms with van der Waals surface area (Å²) in [5.41, 5.74) is 13.7. The van der Waals surface area contributed by atoms with E-state index < -0.39 is 28.8 Å². The fourth-order valence-corrected chi connectivity index (χ4v) is 4.64. The van der Waals surface area contributed by atoms with Gasteiger partial charge in [-0.1, -0.05) is 84.9 Å². The van der Waals surface area contributed by atoms with Gasteiger partial charge < -0.3 is 32.7 Å². The first kappa shape index (κ1) is 34.7. The topological polar surface area (TPSA) is 224 Å². The van der Waals surface area contributed by atoms with Gasteiger partial charge in [0.25, 0.3) is 5.96 Å². The van der Waals surface area contributed by atoms with Crippen LogP contribution in [0.3, 0.4) is 0 Å². The number of benzene rings is 3. The van der Waals surface area contributed by atoms with Gasteiger partial charge in [0.05, 0.1) is 5.92 Å². The third kappa shape index (κ3) is 12.1. The number of nitro groups is 1. The Labute approximate surface area is 266 Å². The summed E-state index contributed by atoms with van der Waals surface area (Å²) in [6.45, 7) is 0.557. The van der Waals surface area contributed by atoms with Crippen molar-refractivity contribution in [3.05, 3.63) is 117 Å². The number of carbonyl (C=O) groups excluding carboxylic acids is 4. The van der Waals surface area contributed by atoms with Crippen molar-refractivity contribution < 1.29 is 24.2 Å². The lowest BCUT2D eigenvalue weighted by Crippen LogP contribution is -2.48. The maximum absolute atomic E-state index is 13.8. The summed E-state index contributed by atoms with van der Waals surface area (Å²) in [5, 5.41) is 23.8. The van der Waals surface area contributed by atoms with E-state index in [0.29, 0.717) is 6.42 Å². The van der Waals surface area contributed by atoms with Crippen LogP contribution in [-0.4, -0.2) is 47.2 Å². The second-order valence-electron chi connectivity index (χ2n) is 10.4. The second kappa shape index (κ2) is 18.1. The molecule has 242 valence electrons. The zero-order valence-electron chi connectivity index (χ0n) is 25.2. The SMILES string of the molecule is NC(=O)CCC(=O)NCc1cccc(CNC(=O)[C@@H](CCCNC(N)=N[N+](=O)[O-])NC(=O)C(c2ccccc2)c2ccccc2)c1. The van der Waals surface area contributed by atoms with Gasteiger partial charge in [-0.15, -0.1) is 0 Å². The lowest BCUT2D eigenvalue weighted by Gasteiger charge is -2.23. The Hall–Kier alpha value is -5.79. The molecule has 0 bridgehead atoms. The summed E-state index contributed by atoms with van der Waals surface area (Å²) in [6, 6.07) is 24.8. The molecule has 0 unspecified atom stereocenters. The van der Waals surface area contributed by atoms with E-state index in [2.05, 4.69) is 26.4 Å². The van der Waals surface area contributed by atoms with Crippen molar-refractivity contribution in [3.8, 4) is 0 Å². The van der Waals surface area contributed by atoms with Crippen molar-refractivity contribution in [2.75, 3.05) is 6.54 Å². The van der Waals surface area contributed by atoms with Gasteiger partial charge in [-0.2, -0.15) is 0 Å². The van der Waals surface area contributed by atoms with Gasteiger partial charge in [-0.25, -0.2) is 10.1 Å². The molecule has 3 aromatic carbocycles. The zero-order valence-corrected chi connectivity index (χ0v) is 25.2. The average molecular weight is 631 g/mol. The van der Waals surface area contributed by atoms with Gasteiger partial charge in [0.15, 0.2) is 5.03 Å². The summed E-state index contributed by atoms with van der Waals surface area (Å²) < 4.78 is 0. The van der Waals surface area contributed by atoms with E-state index in [1.54, 1.807) is 6.07 Å². The molecule has 14 heteroatoms. The molecular formula is C32H38N8O6. The van der Waals surface area contributed by atoms with E-state index in [9.17, 15) is 29.3 Å². The fourth-order valence-electron chi connectivity index (χ4n) is 4.64. The third-order valence-electron chi connectivity index (χ3n) is 6.87. The number of carbonyl (C=O) groups is 4. The van der Waals surface area contributed by atoms with Crippen LogP contribution >= 0.6 is 0 Å². The number of hydrogen-bond donors (Lipinski definition) is 6. The van der Waals surface area contributed by atoms with Gasteiger partial charge in [-0.3, -0.25) is 19.2 Å². The van der Waals surface area contributed by atoms with Crippen LogP contribution in [0.25, 0.3) is 0 Å². The highest BCUT2D eigenvalue weighted by molar-refractivity contribution is 5.92. The molecule has 3 aromatic rings. The Balaban J connectivity index is 1.70. The van der Waals surface area contributed by atoms with E-state index in [1.807, 2.05) is 78.9 Å². The molecule has 1 atom stereocenters. The largest absolute Gasteiger partial charge is 0.370 e. The van der Waals surface area contributed by atoms with Crippen LogP contribution in [0, 0.1) is 10.1 Å². The van der Waals surface area contributed by atoms with Crippen LogP contribution in [0.4, 0.5) is 0 Å². The number of nitrogens with one attached hydrogen (secondary N) is 4. The first-order chi connectivity index (χ1) is 22.1. The van der Waals surface area contributed by atoms with E-state index in [0.717, 1.165) is 22.3 Å². The predicted octanol–water partition coefficient (Wildman–Crippen LogP) is 1.38. The molecular weight excluding hydrogens is 592 g/mol. The molecule has 0 spiro atoms. The summed E-state index contributed by atoms with van der Waals surface area (Å²) >= 11 is 0. The first-order valence-corrected chi connectivity index (χ1v) is 14.7. The molecule has 14 nitrogen and oxygen atoms in total. The van der Waals surface area contributed by atoms with Crippen LogP contribution < -0.4 is 32.7 Å². The smallest absolute Gasteiger partial charge is 0.266 e. The third-order valence-corrected chi connectivity index (χ3v) is 6.87. The average Bonchev–Trinajstić information content (AvgIpc) is 3.04. The minimum Gasteiger partial charge on any atom is -0.370 e. The number of nitrogens with two attached hydrogens (primary N) is 2. The maximum atomic E-state index is 13.8. The van der Waals surface area contributed by atoms with Crippen LogP contribution in [0.15, 0.2) is 90.0 Å². The molecule has 0 radical (unpaired) electrons. The number of hydrazone groups is 1. The first-order valence-electron chi connectivity index (χ1n) is 14.7. The van der Waals surface area contributed by atoms with Gasteiger partial charge in [0, 0.05) is 32.5 Å². The van der Waals surface area contributed by atoms with E-state index >= 15 is 0 Å². The van der Waals surface area contributed by atoms with Crippen LogP contribution in [0.2, 0.25) is 0 Å². The molecule has 0 aliphatic heterocycles. The van der Waals surface area contributed by atoms with Crippen molar-refractivity contribution >= 4 is 29.6 Å². The number of primary amides is 1. The summed E-state index contributed by atoms with van der Waals surface area (Å²) in [5.74, 6) is -2.69. The van der Waals surface area contributed by atoms with Crippen molar-refractivity contribution in [3.63, 3.8) is 0 Å². The molecule has 0 heterocycles. The van der Waals surface area contributed by atoms with Crippen LogP contribution in [-0.2, 0) is 32.3 Å². The van der Waals surface area contributed by atoms with Crippen molar-refractivity contribution in [1.29, 1.82) is 0 Å². The highest BCUT2D eigenvalue weighted by atomic mass is 16.7. The minimum absolute atomic E-state index is 0.00175. The molecule has 46 heavy (non-hydrogen) atoms. The van der Waals surface area contributed by atoms with E-state index in [1.165, 1.54) is 0 Å². The quantitative estimate of drug-likeness (QED) is 0.0419. The Morgan fingerprint density at radius 3 is 1.91 bits per heavy atom. The van der Waals surface area contributed by atoms with Gasteiger partial charge in [0.1, 0.15) is 11.1 Å². The van der Waals surface area contributed by atoms with Crippen molar-refractivity contribution in [2.45, 2.75) is 50.7 Å². The molecule has 0 saturated carbocycles. The van der Waals surface area contributed by atoms with Gasteiger partial charge in [0.2, 0.25) is 23.6 Å². The Morgan fingerprint density at radius 1 is 0.761 bits per heavy atom. The van der Waals surface area contributed by atoms with Gasteiger partial charge in [-0.05, 0) is 35.1 Å². The van der Waals surface area contributed by atoms with Crippen LogP contribution in [0.5, 0.6) is 0 Å². The van der Waals surface area contributed by atoms with E-state index in [4.69, 9.17) is 11.5 Å². The number of guanidine groups is 1. The Kier molecular flexibility index (Phi) is 13.7. The lowest BCUT2D eigenvalue weighted by atomic mass is 9.90. The molecule has 3 rings (SSSR count). The fraction of sp³-hybridized carbons (Fsp3) is 0.281. The highest BCUT2D eigenvalue weighted by Gasteiger charge is 2.27. The summed E-state index contributed by atoms with van der Waals surface area (Å²) in [4.78, 5) is 60.6.